The van der Waals surface area contributed by atoms with Gasteiger partial charge in [0.25, 0.3) is 5.91 Å². The fraction of sp³-hybridized carbons (Fsp3) is 0.143. The van der Waals surface area contributed by atoms with Gasteiger partial charge in [-0.2, -0.15) is 0 Å². The summed E-state index contributed by atoms with van der Waals surface area (Å²) >= 11 is 0. The Labute approximate surface area is 116 Å². The number of amides is 1. The normalized spacial score (nSPS) is 10.2. The lowest BCUT2D eigenvalue weighted by Crippen LogP contribution is -2.18. The van der Waals surface area contributed by atoms with Gasteiger partial charge in [-0.15, -0.1) is 0 Å². The number of carbonyl (C=O) groups excluding carboxylic acids is 1. The van der Waals surface area contributed by atoms with Crippen molar-refractivity contribution in [2.45, 2.75) is 13.8 Å². The zero-order chi connectivity index (χ0) is 14.7. The molecule has 20 heavy (non-hydrogen) atoms. The summed E-state index contributed by atoms with van der Waals surface area (Å²) in [6.07, 6.45) is 1.42. The highest BCUT2D eigenvalue weighted by molar-refractivity contribution is 6.07. The van der Waals surface area contributed by atoms with Crippen LogP contribution in [-0.2, 0) is 0 Å². The molecule has 6 heteroatoms. The van der Waals surface area contributed by atoms with Crippen LogP contribution in [0.5, 0.6) is 0 Å². The lowest BCUT2D eigenvalue weighted by molar-refractivity contribution is 0.102. The standard InChI is InChI=1S/C14H15FN4O/c1-8-3-4-10(6-12(8)15)18-14(20)11-7-17-9(2)5-13(11)19-16/h3-7H,16H2,1-2H3,(H,17,19)(H,18,20). The number of hydrogen-bond acceptors (Lipinski definition) is 4. The van der Waals surface area contributed by atoms with Crippen molar-refractivity contribution >= 4 is 17.3 Å². The Bertz CT molecular complexity index is 658. The average molecular weight is 274 g/mol. The van der Waals surface area contributed by atoms with Gasteiger partial charge in [0.2, 0.25) is 0 Å². The van der Waals surface area contributed by atoms with Crippen molar-refractivity contribution in [2.75, 3.05) is 10.7 Å². The highest BCUT2D eigenvalue weighted by atomic mass is 19.1. The Hall–Kier alpha value is -2.47. The van der Waals surface area contributed by atoms with Crippen molar-refractivity contribution < 1.29 is 9.18 Å². The molecule has 0 radical (unpaired) electrons. The lowest BCUT2D eigenvalue weighted by atomic mass is 10.1. The van der Waals surface area contributed by atoms with E-state index in [2.05, 4.69) is 15.7 Å². The number of nitrogens with one attached hydrogen (secondary N) is 2. The third-order valence-electron chi connectivity index (χ3n) is 2.87. The van der Waals surface area contributed by atoms with E-state index >= 15 is 0 Å². The summed E-state index contributed by atoms with van der Waals surface area (Å²) in [4.78, 5) is 16.2. The molecule has 0 aliphatic carbocycles. The number of aromatic nitrogens is 1. The predicted octanol–water partition coefficient (Wildman–Crippen LogP) is 2.38. The van der Waals surface area contributed by atoms with Crippen LogP contribution in [0, 0.1) is 19.7 Å². The van der Waals surface area contributed by atoms with Gasteiger partial charge in [0.1, 0.15) is 5.82 Å². The average Bonchev–Trinajstić information content (AvgIpc) is 2.42. The van der Waals surface area contributed by atoms with Crippen LogP contribution in [0.2, 0.25) is 0 Å². The second-order valence-corrected chi connectivity index (χ2v) is 4.43. The van der Waals surface area contributed by atoms with Crippen molar-refractivity contribution in [2.24, 2.45) is 5.84 Å². The molecule has 0 saturated carbocycles. The molecule has 1 aromatic carbocycles. The number of nitrogens with zero attached hydrogens (tertiary/aromatic N) is 1. The van der Waals surface area contributed by atoms with Crippen molar-refractivity contribution in [3.05, 3.63) is 53.1 Å². The van der Waals surface area contributed by atoms with Gasteiger partial charge >= 0.3 is 0 Å². The summed E-state index contributed by atoms with van der Waals surface area (Å²) in [5.74, 6) is 4.60. The summed E-state index contributed by atoms with van der Waals surface area (Å²) in [6, 6.07) is 6.16. The number of nitrogen functional groups attached to an aromatic ring is 1. The van der Waals surface area contributed by atoms with Gasteiger partial charge in [-0.1, -0.05) is 6.07 Å². The fourth-order valence-electron chi connectivity index (χ4n) is 1.73. The number of hydrogen-bond donors (Lipinski definition) is 3. The minimum atomic E-state index is -0.409. The number of aryl methyl sites for hydroxylation is 2. The molecule has 1 aromatic heterocycles. The SMILES string of the molecule is Cc1cc(NN)c(C(=O)Nc2ccc(C)c(F)c2)cn1. The molecule has 0 unspecified atom stereocenters. The minimum absolute atomic E-state index is 0.291. The molecule has 0 aliphatic heterocycles. The first-order valence-corrected chi connectivity index (χ1v) is 6.02. The van der Waals surface area contributed by atoms with Crippen LogP contribution in [-0.4, -0.2) is 10.9 Å². The van der Waals surface area contributed by atoms with Gasteiger partial charge < -0.3 is 10.7 Å². The quantitative estimate of drug-likeness (QED) is 0.593. The minimum Gasteiger partial charge on any atom is -0.323 e. The van der Waals surface area contributed by atoms with Crippen molar-refractivity contribution in [3.8, 4) is 0 Å². The molecular weight excluding hydrogens is 259 g/mol. The molecular formula is C14H15FN4O. The molecule has 2 rings (SSSR count). The summed E-state index contributed by atoms with van der Waals surface area (Å²) in [5, 5.41) is 2.61. The molecule has 0 aliphatic rings. The summed E-state index contributed by atoms with van der Waals surface area (Å²) in [5.41, 5.74) is 4.83. The van der Waals surface area contributed by atoms with E-state index in [-0.39, 0.29) is 5.82 Å². The first-order valence-electron chi connectivity index (χ1n) is 6.02. The van der Waals surface area contributed by atoms with Gasteiger partial charge in [-0.3, -0.25) is 15.6 Å². The Morgan fingerprint density at radius 3 is 2.70 bits per heavy atom. The Morgan fingerprint density at radius 2 is 2.05 bits per heavy atom. The first kappa shape index (κ1) is 14.0. The molecule has 0 atom stereocenters. The van der Waals surface area contributed by atoms with E-state index in [4.69, 9.17) is 5.84 Å². The maximum absolute atomic E-state index is 13.4. The smallest absolute Gasteiger partial charge is 0.259 e. The molecule has 1 heterocycles. The number of nitrogens with two attached hydrogens (primary N) is 1. The van der Waals surface area contributed by atoms with Crippen LogP contribution in [0.3, 0.4) is 0 Å². The monoisotopic (exact) mass is 274 g/mol. The molecule has 0 bridgehead atoms. The van der Waals surface area contributed by atoms with E-state index in [1.807, 2.05) is 0 Å². The number of rotatable bonds is 3. The summed E-state index contributed by atoms with van der Waals surface area (Å²) in [6.45, 7) is 3.44. The van der Waals surface area contributed by atoms with Crippen LogP contribution >= 0.6 is 0 Å². The number of halogens is 1. The topological polar surface area (TPSA) is 80.0 Å². The van der Waals surface area contributed by atoms with Crippen molar-refractivity contribution in [3.63, 3.8) is 0 Å². The van der Waals surface area contributed by atoms with E-state index in [0.717, 1.165) is 5.69 Å². The van der Waals surface area contributed by atoms with Crippen LogP contribution in [0.1, 0.15) is 21.6 Å². The second-order valence-electron chi connectivity index (χ2n) is 4.43. The molecule has 1 amide bonds. The molecule has 0 fully saturated rings. The van der Waals surface area contributed by atoms with Gasteiger partial charge in [0.15, 0.2) is 0 Å². The van der Waals surface area contributed by atoms with Crippen LogP contribution in [0.15, 0.2) is 30.5 Å². The van der Waals surface area contributed by atoms with E-state index in [9.17, 15) is 9.18 Å². The number of anilines is 2. The van der Waals surface area contributed by atoms with E-state index in [1.165, 1.54) is 12.3 Å². The Morgan fingerprint density at radius 1 is 1.30 bits per heavy atom. The molecule has 0 saturated heterocycles. The van der Waals surface area contributed by atoms with Gasteiger partial charge in [-0.05, 0) is 37.6 Å². The van der Waals surface area contributed by atoms with Crippen LogP contribution < -0.4 is 16.6 Å². The van der Waals surface area contributed by atoms with Crippen molar-refractivity contribution in [1.82, 2.24) is 4.98 Å². The van der Waals surface area contributed by atoms with Gasteiger partial charge in [0, 0.05) is 17.6 Å². The highest BCUT2D eigenvalue weighted by Crippen LogP contribution is 2.18. The van der Waals surface area contributed by atoms with Gasteiger partial charge in [0.05, 0.1) is 11.3 Å². The third-order valence-corrected chi connectivity index (χ3v) is 2.87. The van der Waals surface area contributed by atoms with Crippen LogP contribution in [0.25, 0.3) is 0 Å². The largest absolute Gasteiger partial charge is 0.323 e. The molecule has 4 N–H and O–H groups in total. The summed E-state index contributed by atoms with van der Waals surface area (Å²) < 4.78 is 13.4. The van der Waals surface area contributed by atoms with Crippen LogP contribution in [0.4, 0.5) is 15.8 Å². The summed E-state index contributed by atoms with van der Waals surface area (Å²) in [7, 11) is 0. The number of benzene rings is 1. The second kappa shape index (κ2) is 5.66. The lowest BCUT2D eigenvalue weighted by Gasteiger charge is -2.10. The first-order chi connectivity index (χ1) is 9.51. The van der Waals surface area contributed by atoms with E-state index in [0.29, 0.717) is 22.5 Å². The molecule has 5 nitrogen and oxygen atoms in total. The van der Waals surface area contributed by atoms with E-state index < -0.39 is 5.91 Å². The maximum atomic E-state index is 13.4. The zero-order valence-corrected chi connectivity index (χ0v) is 11.2. The Kier molecular flexibility index (Phi) is 3.95. The van der Waals surface area contributed by atoms with Crippen molar-refractivity contribution in [1.29, 1.82) is 0 Å². The number of hydrazine groups is 1. The number of carbonyl (C=O) groups is 1. The third kappa shape index (κ3) is 2.92. The fourth-order valence-corrected chi connectivity index (χ4v) is 1.73. The maximum Gasteiger partial charge on any atom is 0.259 e. The highest BCUT2D eigenvalue weighted by Gasteiger charge is 2.12. The zero-order valence-electron chi connectivity index (χ0n) is 11.2. The van der Waals surface area contributed by atoms with Gasteiger partial charge in [-0.25, -0.2) is 4.39 Å². The molecule has 104 valence electrons. The molecule has 0 spiro atoms. The Balaban J connectivity index is 2.25. The predicted molar refractivity (Wildman–Crippen MR) is 75.9 cm³/mol. The van der Waals surface area contributed by atoms with E-state index in [1.54, 1.807) is 32.0 Å². The molecule has 2 aromatic rings. The number of pyridine rings is 1.